The molecule has 1 heterocycles. The molecule has 0 bridgehead atoms. The van der Waals surface area contributed by atoms with Crippen molar-refractivity contribution in [2.45, 2.75) is 63.7 Å². The Morgan fingerprint density at radius 1 is 1.29 bits per heavy atom. The van der Waals surface area contributed by atoms with E-state index in [2.05, 4.69) is 10.4 Å². The van der Waals surface area contributed by atoms with E-state index in [9.17, 15) is 15.0 Å². The second-order valence-electron chi connectivity index (χ2n) is 8.26. The van der Waals surface area contributed by atoms with E-state index in [4.69, 9.17) is 17.3 Å². The number of nitrogens with one attached hydrogen (secondary N) is 1. The van der Waals surface area contributed by atoms with Crippen molar-refractivity contribution in [3.8, 4) is 11.3 Å². The lowest BCUT2D eigenvalue weighted by Gasteiger charge is -2.26. The molecule has 1 aromatic carbocycles. The van der Waals surface area contributed by atoms with E-state index in [1.165, 1.54) is 0 Å². The lowest BCUT2D eigenvalue weighted by Crippen LogP contribution is -2.42. The van der Waals surface area contributed by atoms with Gasteiger partial charge in [-0.3, -0.25) is 9.48 Å². The van der Waals surface area contributed by atoms with Crippen LogP contribution in [0.15, 0.2) is 24.3 Å². The Morgan fingerprint density at radius 2 is 1.97 bits per heavy atom. The number of halogens is 2. The first-order chi connectivity index (χ1) is 14.3. The van der Waals surface area contributed by atoms with E-state index in [0.717, 1.165) is 36.9 Å². The Morgan fingerprint density at radius 3 is 2.61 bits per heavy atom. The van der Waals surface area contributed by atoms with Gasteiger partial charge in [-0.2, -0.15) is 5.10 Å². The predicted octanol–water partition coefficient (Wildman–Crippen LogP) is 3.07. The van der Waals surface area contributed by atoms with Crippen molar-refractivity contribution in [1.29, 1.82) is 0 Å². The van der Waals surface area contributed by atoms with Crippen LogP contribution in [0.25, 0.3) is 11.3 Å². The lowest BCUT2D eigenvalue weighted by molar-refractivity contribution is 0.0246. The van der Waals surface area contributed by atoms with Gasteiger partial charge in [0.05, 0.1) is 34.5 Å². The van der Waals surface area contributed by atoms with Gasteiger partial charge >= 0.3 is 0 Å². The summed E-state index contributed by atoms with van der Waals surface area (Å²) in [6.45, 7) is 2.59. The zero-order chi connectivity index (χ0) is 21.7. The number of hydrogen-bond acceptors (Lipinski definition) is 5. The Labute approximate surface area is 194 Å². The molecule has 2 aromatic rings. The van der Waals surface area contributed by atoms with Gasteiger partial charge in [0.25, 0.3) is 5.91 Å². The molecule has 172 valence electrons. The average molecular weight is 471 g/mol. The second kappa shape index (κ2) is 11.3. The highest BCUT2D eigenvalue weighted by Gasteiger charge is 2.28. The van der Waals surface area contributed by atoms with Crippen LogP contribution in [0.3, 0.4) is 0 Å². The number of benzene rings is 1. The van der Waals surface area contributed by atoms with Gasteiger partial charge in [-0.05, 0) is 38.0 Å². The normalized spacial score (nSPS) is 16.8. The molecular formula is C22H32Cl2N4O3. The first-order valence-electron chi connectivity index (χ1n) is 10.5. The first kappa shape index (κ1) is 25.6. The second-order valence-corrected chi connectivity index (χ2v) is 8.67. The van der Waals surface area contributed by atoms with Gasteiger partial charge in [0.2, 0.25) is 0 Å². The molecule has 1 aliphatic rings. The van der Waals surface area contributed by atoms with Crippen molar-refractivity contribution in [3.63, 3.8) is 0 Å². The number of nitrogens with zero attached hydrogens (tertiary/aromatic N) is 2. The molecule has 0 spiro atoms. The SMILES string of the molecule is Cc1cc(-c2ccc(Cl)c(C(=O)NCC3(O)CCCCCC3)c2)nn1C[C@@H](O)CN.Cl. The van der Waals surface area contributed by atoms with E-state index < -0.39 is 11.7 Å². The van der Waals surface area contributed by atoms with Crippen molar-refractivity contribution in [3.05, 3.63) is 40.5 Å². The van der Waals surface area contributed by atoms with E-state index in [0.29, 0.717) is 35.7 Å². The van der Waals surface area contributed by atoms with E-state index in [1.807, 2.05) is 19.1 Å². The smallest absolute Gasteiger partial charge is 0.252 e. The molecular weight excluding hydrogens is 439 g/mol. The number of aromatic nitrogens is 2. The first-order valence-corrected chi connectivity index (χ1v) is 10.9. The summed E-state index contributed by atoms with van der Waals surface area (Å²) in [5, 5.41) is 28.3. The van der Waals surface area contributed by atoms with Gasteiger partial charge in [-0.15, -0.1) is 12.4 Å². The average Bonchev–Trinajstić information content (AvgIpc) is 2.94. The summed E-state index contributed by atoms with van der Waals surface area (Å²) in [4.78, 5) is 12.8. The van der Waals surface area contributed by atoms with Gasteiger partial charge in [0.15, 0.2) is 0 Å². The summed E-state index contributed by atoms with van der Waals surface area (Å²) in [5.74, 6) is -0.311. The zero-order valence-corrected chi connectivity index (χ0v) is 19.4. The van der Waals surface area contributed by atoms with Crippen LogP contribution in [0.1, 0.15) is 54.6 Å². The summed E-state index contributed by atoms with van der Waals surface area (Å²) >= 11 is 6.29. The molecule has 9 heteroatoms. The molecule has 7 nitrogen and oxygen atoms in total. The number of hydrogen-bond donors (Lipinski definition) is 4. The number of rotatable bonds is 7. The van der Waals surface area contributed by atoms with Crippen molar-refractivity contribution >= 4 is 29.9 Å². The number of carbonyl (C=O) groups excluding carboxylic acids is 1. The number of aryl methyl sites for hydroxylation is 1. The molecule has 31 heavy (non-hydrogen) atoms. The minimum atomic E-state index is -0.851. The molecule has 5 N–H and O–H groups in total. The number of aliphatic hydroxyl groups is 2. The molecule has 1 aliphatic carbocycles. The van der Waals surface area contributed by atoms with Gasteiger partial charge < -0.3 is 21.3 Å². The monoisotopic (exact) mass is 470 g/mol. The minimum absolute atomic E-state index is 0. The van der Waals surface area contributed by atoms with Gasteiger partial charge in [-0.25, -0.2) is 0 Å². The Bertz CT molecular complexity index is 880. The van der Waals surface area contributed by atoms with Crippen molar-refractivity contribution in [2.75, 3.05) is 13.1 Å². The van der Waals surface area contributed by atoms with Crippen LogP contribution in [0.5, 0.6) is 0 Å². The molecule has 1 amide bonds. The molecule has 0 radical (unpaired) electrons. The maximum atomic E-state index is 12.8. The zero-order valence-electron chi connectivity index (χ0n) is 17.8. The largest absolute Gasteiger partial charge is 0.390 e. The predicted molar refractivity (Wildman–Crippen MR) is 125 cm³/mol. The number of amides is 1. The van der Waals surface area contributed by atoms with E-state index in [1.54, 1.807) is 16.8 Å². The van der Waals surface area contributed by atoms with Gasteiger partial charge in [-0.1, -0.05) is 43.4 Å². The third kappa shape index (κ3) is 6.67. The minimum Gasteiger partial charge on any atom is -0.390 e. The fraction of sp³-hybridized carbons (Fsp3) is 0.545. The maximum Gasteiger partial charge on any atom is 0.252 e. The highest BCUT2D eigenvalue weighted by Crippen LogP contribution is 2.28. The van der Waals surface area contributed by atoms with E-state index >= 15 is 0 Å². The van der Waals surface area contributed by atoms with Crippen LogP contribution < -0.4 is 11.1 Å². The molecule has 1 atom stereocenters. The van der Waals surface area contributed by atoms with Crippen LogP contribution >= 0.6 is 24.0 Å². The topological polar surface area (TPSA) is 113 Å². The summed E-state index contributed by atoms with van der Waals surface area (Å²) in [6.07, 6.45) is 4.93. The molecule has 0 unspecified atom stereocenters. The van der Waals surface area contributed by atoms with Crippen LogP contribution in [-0.4, -0.2) is 50.7 Å². The fourth-order valence-electron chi connectivity index (χ4n) is 3.87. The summed E-state index contributed by atoms with van der Waals surface area (Å²) in [7, 11) is 0. The molecule has 1 aromatic heterocycles. The highest BCUT2D eigenvalue weighted by atomic mass is 35.5. The van der Waals surface area contributed by atoms with E-state index in [-0.39, 0.29) is 31.4 Å². The number of nitrogens with two attached hydrogens (primary N) is 1. The molecule has 0 saturated heterocycles. The molecule has 3 rings (SSSR count). The van der Waals surface area contributed by atoms with Crippen LogP contribution in [0, 0.1) is 6.92 Å². The van der Waals surface area contributed by atoms with Crippen molar-refractivity contribution in [2.24, 2.45) is 5.73 Å². The Kier molecular flexibility index (Phi) is 9.33. The third-order valence-corrected chi connectivity index (χ3v) is 6.09. The lowest BCUT2D eigenvalue weighted by atomic mass is 9.94. The highest BCUT2D eigenvalue weighted by molar-refractivity contribution is 6.34. The van der Waals surface area contributed by atoms with Crippen molar-refractivity contribution in [1.82, 2.24) is 15.1 Å². The van der Waals surface area contributed by atoms with Gasteiger partial charge in [0.1, 0.15) is 0 Å². The van der Waals surface area contributed by atoms with Gasteiger partial charge in [0, 0.05) is 24.3 Å². The summed E-state index contributed by atoms with van der Waals surface area (Å²) in [5.41, 5.74) is 7.31. The molecule has 1 fully saturated rings. The van der Waals surface area contributed by atoms with Crippen LogP contribution in [0.2, 0.25) is 5.02 Å². The maximum absolute atomic E-state index is 12.8. The van der Waals surface area contributed by atoms with Crippen molar-refractivity contribution < 1.29 is 15.0 Å². The third-order valence-electron chi connectivity index (χ3n) is 5.76. The quantitative estimate of drug-likeness (QED) is 0.464. The van der Waals surface area contributed by atoms with Crippen LogP contribution in [-0.2, 0) is 6.54 Å². The Hall–Kier alpha value is -1.64. The standard InChI is InChI=1S/C22H31ClN4O3.ClH/c1-15-10-20(26-27(15)13-17(28)12-24)16-6-7-19(23)18(11-16)21(29)25-14-22(30)8-4-2-3-5-9-22;/h6-7,10-11,17,28,30H,2-5,8-9,12-14,24H2,1H3,(H,25,29);1H/t17-;/m0./s1. The Balaban J connectivity index is 0.00000341. The molecule has 0 aliphatic heterocycles. The summed E-state index contributed by atoms with van der Waals surface area (Å²) in [6, 6.07) is 7.08. The van der Waals surface area contributed by atoms with Crippen LogP contribution in [0.4, 0.5) is 0 Å². The fourth-order valence-corrected chi connectivity index (χ4v) is 4.08. The molecule has 1 saturated carbocycles. The summed E-state index contributed by atoms with van der Waals surface area (Å²) < 4.78 is 1.70. The number of aliphatic hydroxyl groups excluding tert-OH is 1. The number of carbonyl (C=O) groups is 1.